The quantitative estimate of drug-likeness (QED) is 0.461. The van der Waals surface area contributed by atoms with Gasteiger partial charge < -0.3 is 15.0 Å². The Bertz CT molecular complexity index is 1320. The Hall–Kier alpha value is -3.32. The van der Waals surface area contributed by atoms with Gasteiger partial charge in [-0.2, -0.15) is 5.10 Å². The second-order valence-corrected chi connectivity index (χ2v) is 11.5. The highest BCUT2D eigenvalue weighted by Crippen LogP contribution is 2.38. The van der Waals surface area contributed by atoms with Crippen LogP contribution in [-0.2, 0) is 7.05 Å². The van der Waals surface area contributed by atoms with Crippen LogP contribution in [-0.4, -0.2) is 59.4 Å². The van der Waals surface area contributed by atoms with Crippen molar-refractivity contribution in [2.24, 2.45) is 13.0 Å². The maximum atomic E-state index is 13.5. The van der Waals surface area contributed by atoms with Gasteiger partial charge in [-0.3, -0.25) is 14.4 Å². The van der Waals surface area contributed by atoms with Crippen molar-refractivity contribution < 1.29 is 9.53 Å². The number of amides is 1. The van der Waals surface area contributed by atoms with Gasteiger partial charge in [0.1, 0.15) is 5.75 Å². The number of rotatable bonds is 8. The molecule has 7 heteroatoms. The Kier molecular flexibility index (Phi) is 6.64. The Morgan fingerprint density at radius 2 is 1.84 bits per heavy atom. The van der Waals surface area contributed by atoms with Crippen LogP contribution in [0, 0.1) is 12.8 Å². The van der Waals surface area contributed by atoms with E-state index in [-0.39, 0.29) is 11.9 Å². The van der Waals surface area contributed by atoms with Crippen LogP contribution >= 0.6 is 0 Å². The van der Waals surface area contributed by atoms with Crippen molar-refractivity contribution >= 4 is 11.6 Å². The molecule has 200 valence electrons. The van der Waals surface area contributed by atoms with Crippen molar-refractivity contribution in [2.45, 2.75) is 57.7 Å². The first kappa shape index (κ1) is 25.0. The Morgan fingerprint density at radius 1 is 1.08 bits per heavy atom. The fourth-order valence-corrected chi connectivity index (χ4v) is 6.23. The van der Waals surface area contributed by atoms with Crippen LogP contribution in [0.5, 0.6) is 5.75 Å². The Balaban J connectivity index is 1.18. The number of hydrogen-bond donors (Lipinski definition) is 1. The van der Waals surface area contributed by atoms with E-state index in [4.69, 9.17) is 4.74 Å². The fraction of sp³-hybridized carbons (Fsp3) is 0.484. The molecule has 3 atom stereocenters. The van der Waals surface area contributed by atoms with Gasteiger partial charge in [0.25, 0.3) is 5.91 Å². The van der Waals surface area contributed by atoms with Gasteiger partial charge in [-0.05, 0) is 92.5 Å². The molecular formula is C31H39N5O2. The Morgan fingerprint density at radius 3 is 2.50 bits per heavy atom. The first-order chi connectivity index (χ1) is 18.4. The summed E-state index contributed by atoms with van der Waals surface area (Å²) >= 11 is 0. The van der Waals surface area contributed by atoms with Crippen LogP contribution in [0.3, 0.4) is 0 Å². The lowest BCUT2D eigenvalue weighted by atomic mass is 10.0. The van der Waals surface area contributed by atoms with Gasteiger partial charge >= 0.3 is 0 Å². The van der Waals surface area contributed by atoms with E-state index >= 15 is 0 Å². The molecule has 2 bridgehead atoms. The first-order valence-electron chi connectivity index (χ1n) is 14.0. The van der Waals surface area contributed by atoms with Gasteiger partial charge in [0.2, 0.25) is 0 Å². The van der Waals surface area contributed by atoms with E-state index in [0.717, 1.165) is 58.3 Å². The highest BCUT2D eigenvalue weighted by molar-refractivity contribution is 5.97. The second kappa shape index (κ2) is 10.1. The smallest absolute Gasteiger partial charge is 0.252 e. The van der Waals surface area contributed by atoms with E-state index in [1.165, 1.54) is 32.2 Å². The van der Waals surface area contributed by atoms with E-state index in [1.807, 2.05) is 45.4 Å². The van der Waals surface area contributed by atoms with Gasteiger partial charge in [0.15, 0.2) is 0 Å². The summed E-state index contributed by atoms with van der Waals surface area (Å²) in [5, 5.41) is 7.54. The maximum absolute atomic E-state index is 13.5. The molecule has 0 spiro atoms. The molecule has 1 N–H and O–H groups in total. The number of piperazine rings is 1. The van der Waals surface area contributed by atoms with Crippen LogP contribution in [0.15, 0.2) is 48.8 Å². The normalized spacial score (nSPS) is 21.9. The van der Waals surface area contributed by atoms with Crippen molar-refractivity contribution in [1.29, 1.82) is 0 Å². The summed E-state index contributed by atoms with van der Waals surface area (Å²) in [5.41, 5.74) is 5.93. The number of ether oxygens (including phenoxy) is 1. The molecule has 2 saturated heterocycles. The number of fused-ring (bicyclic) bond motifs is 2. The highest BCUT2D eigenvalue weighted by atomic mass is 16.5. The molecule has 3 aliphatic rings. The molecule has 6 rings (SSSR count). The largest absolute Gasteiger partial charge is 0.497 e. The Labute approximate surface area is 225 Å². The van der Waals surface area contributed by atoms with E-state index in [1.54, 1.807) is 11.8 Å². The summed E-state index contributed by atoms with van der Waals surface area (Å²) < 4.78 is 7.36. The fourth-order valence-electron chi connectivity index (χ4n) is 6.23. The molecule has 38 heavy (non-hydrogen) atoms. The van der Waals surface area contributed by atoms with Crippen LogP contribution < -0.4 is 15.0 Å². The molecule has 3 fully saturated rings. The zero-order chi connectivity index (χ0) is 26.4. The molecule has 1 saturated carbocycles. The molecule has 7 nitrogen and oxygen atoms in total. The number of anilines is 1. The van der Waals surface area contributed by atoms with Crippen molar-refractivity contribution in [1.82, 2.24) is 20.0 Å². The predicted molar refractivity (Wildman–Crippen MR) is 151 cm³/mol. The molecule has 2 aliphatic heterocycles. The van der Waals surface area contributed by atoms with Crippen molar-refractivity contribution in [3.05, 3.63) is 65.5 Å². The zero-order valence-corrected chi connectivity index (χ0v) is 23.0. The van der Waals surface area contributed by atoms with Gasteiger partial charge in [-0.15, -0.1) is 0 Å². The van der Waals surface area contributed by atoms with Crippen molar-refractivity contribution in [3.63, 3.8) is 0 Å². The average molecular weight is 514 g/mol. The summed E-state index contributed by atoms with van der Waals surface area (Å²) in [5.74, 6) is 1.65. The predicted octanol–water partition coefficient (Wildman–Crippen LogP) is 4.96. The third-order valence-corrected chi connectivity index (χ3v) is 8.68. The molecule has 2 aromatic carbocycles. The van der Waals surface area contributed by atoms with E-state index in [9.17, 15) is 4.79 Å². The summed E-state index contributed by atoms with van der Waals surface area (Å²) in [6.45, 7) is 7.45. The van der Waals surface area contributed by atoms with Gasteiger partial charge in [-0.25, -0.2) is 0 Å². The lowest BCUT2D eigenvalue weighted by Gasteiger charge is -2.42. The minimum absolute atomic E-state index is 0.0436. The molecule has 0 unspecified atom stereocenters. The third kappa shape index (κ3) is 5.04. The van der Waals surface area contributed by atoms with E-state index in [0.29, 0.717) is 12.1 Å². The second-order valence-electron chi connectivity index (χ2n) is 11.5. The van der Waals surface area contributed by atoms with E-state index < -0.39 is 0 Å². The monoisotopic (exact) mass is 513 g/mol. The number of nitrogens with zero attached hydrogens (tertiary/aromatic N) is 4. The number of hydrogen-bond acceptors (Lipinski definition) is 5. The summed E-state index contributed by atoms with van der Waals surface area (Å²) in [7, 11) is 3.57. The van der Waals surface area contributed by atoms with Gasteiger partial charge in [-0.1, -0.05) is 6.07 Å². The SMILES string of the molecule is COc1cc(-c2cnn(C)c2)cc([C@@H](C)NC(=O)c2cc(N3C[C@H]4CC[C@@H](C3)N4CC3CC3)ccc2C)c1. The number of methoxy groups -OCH3 is 1. The zero-order valence-electron chi connectivity index (χ0n) is 23.0. The van der Waals surface area contributed by atoms with Gasteiger partial charge in [0, 0.05) is 61.8 Å². The van der Waals surface area contributed by atoms with Crippen molar-refractivity contribution in [3.8, 4) is 16.9 Å². The minimum Gasteiger partial charge on any atom is -0.497 e. The average Bonchev–Trinajstić information content (AvgIpc) is 3.58. The molecule has 0 radical (unpaired) electrons. The lowest BCUT2D eigenvalue weighted by molar-refractivity contribution is 0.0939. The number of aromatic nitrogens is 2. The first-order valence-corrected chi connectivity index (χ1v) is 14.0. The van der Waals surface area contributed by atoms with Crippen LogP contribution in [0.25, 0.3) is 11.1 Å². The number of benzene rings is 2. The number of nitrogens with one attached hydrogen (secondary N) is 1. The van der Waals surface area contributed by atoms with Gasteiger partial charge in [0.05, 0.1) is 19.3 Å². The molecular weight excluding hydrogens is 474 g/mol. The molecule has 1 aromatic heterocycles. The number of carbonyl (C=O) groups excluding carboxylic acids is 1. The highest BCUT2D eigenvalue weighted by Gasteiger charge is 2.42. The molecule has 3 aromatic rings. The maximum Gasteiger partial charge on any atom is 0.252 e. The third-order valence-electron chi connectivity index (χ3n) is 8.68. The minimum atomic E-state index is -0.183. The van der Waals surface area contributed by atoms with Crippen LogP contribution in [0.1, 0.15) is 60.1 Å². The topological polar surface area (TPSA) is 62.6 Å². The lowest BCUT2D eigenvalue weighted by Crippen LogP contribution is -2.54. The number of aryl methyl sites for hydroxylation is 2. The molecule has 3 heterocycles. The number of carbonyl (C=O) groups is 1. The van der Waals surface area contributed by atoms with Crippen molar-refractivity contribution in [2.75, 3.05) is 31.6 Å². The summed E-state index contributed by atoms with van der Waals surface area (Å²) in [6.07, 6.45) is 9.24. The molecule has 1 aliphatic carbocycles. The van der Waals surface area contributed by atoms with E-state index in [2.05, 4.69) is 44.5 Å². The molecule has 1 amide bonds. The standard InChI is InChI=1S/C31H39N5O2/c1-20-5-8-26(35-18-27-9-10-28(19-35)36(27)16-22-6-7-22)14-30(20)31(37)33-21(2)23-11-24(13-29(12-23)38-4)25-15-32-34(3)17-25/h5,8,11-15,17,21-22,27-28H,6-7,9-10,16,18-19H2,1-4H3,(H,33,37)/t21-,27-,28+/m1/s1. The van der Waals surface area contributed by atoms with Crippen LogP contribution in [0.2, 0.25) is 0 Å². The summed E-state index contributed by atoms with van der Waals surface area (Å²) in [4.78, 5) is 18.8. The van der Waals surface area contributed by atoms with Crippen LogP contribution in [0.4, 0.5) is 5.69 Å². The summed E-state index contributed by atoms with van der Waals surface area (Å²) in [6, 6.07) is 13.6.